The molecule has 1 aliphatic heterocycles. The predicted molar refractivity (Wildman–Crippen MR) is 95.6 cm³/mol. The van der Waals surface area contributed by atoms with E-state index in [0.29, 0.717) is 11.6 Å². The molecule has 1 fully saturated rings. The molecule has 0 spiro atoms. The van der Waals surface area contributed by atoms with Crippen LogP contribution in [0.15, 0.2) is 29.1 Å². The zero-order valence-corrected chi connectivity index (χ0v) is 14.5. The number of H-pyrrole nitrogens is 2. The number of benzene rings is 1. The van der Waals surface area contributed by atoms with Crippen molar-refractivity contribution in [3.63, 3.8) is 0 Å². The topological polar surface area (TPSA) is 72.2 Å². The van der Waals surface area contributed by atoms with Gasteiger partial charge in [-0.1, -0.05) is 24.3 Å². The predicted octanol–water partition coefficient (Wildman–Crippen LogP) is 0.866. The number of aryl methyl sites for hydroxylation is 1. The average molecular weight is 340 g/mol. The van der Waals surface area contributed by atoms with E-state index in [0.717, 1.165) is 44.7 Å². The monoisotopic (exact) mass is 340 g/mol. The molecule has 6 heteroatoms. The van der Waals surface area contributed by atoms with E-state index in [4.69, 9.17) is 0 Å². The van der Waals surface area contributed by atoms with E-state index in [2.05, 4.69) is 39.4 Å². The van der Waals surface area contributed by atoms with Crippen LogP contribution in [-0.4, -0.2) is 58.1 Å². The van der Waals surface area contributed by atoms with E-state index in [-0.39, 0.29) is 17.9 Å². The highest BCUT2D eigenvalue weighted by Gasteiger charge is 2.30. The third kappa shape index (κ3) is 3.14. The highest BCUT2D eigenvalue weighted by molar-refractivity contribution is 5.79. The first kappa shape index (κ1) is 16.1. The summed E-state index contributed by atoms with van der Waals surface area (Å²) in [6, 6.07) is 9.24. The largest absolute Gasteiger partial charge is 0.340 e. The number of aromatic nitrogens is 2. The van der Waals surface area contributed by atoms with Gasteiger partial charge in [0.1, 0.15) is 0 Å². The molecule has 1 aromatic carbocycles. The first-order valence-electron chi connectivity index (χ1n) is 8.96. The van der Waals surface area contributed by atoms with Crippen LogP contribution in [-0.2, 0) is 24.1 Å². The number of nitrogens with one attached hydrogen (secondary N) is 2. The van der Waals surface area contributed by atoms with Gasteiger partial charge in [-0.2, -0.15) is 0 Å². The summed E-state index contributed by atoms with van der Waals surface area (Å²) in [4.78, 5) is 28.6. The van der Waals surface area contributed by atoms with Crippen molar-refractivity contribution in [2.24, 2.45) is 0 Å². The van der Waals surface area contributed by atoms with E-state index in [9.17, 15) is 9.59 Å². The first-order valence-corrected chi connectivity index (χ1v) is 8.96. The molecule has 0 radical (unpaired) electrons. The fourth-order valence-electron chi connectivity index (χ4n) is 4.08. The number of carbonyl (C=O) groups is 1. The van der Waals surface area contributed by atoms with Crippen molar-refractivity contribution in [1.29, 1.82) is 0 Å². The molecule has 1 amide bonds. The zero-order valence-electron chi connectivity index (χ0n) is 14.5. The minimum absolute atomic E-state index is 0.0440. The molecule has 0 saturated carbocycles. The normalized spacial score (nSPS) is 18.5. The Morgan fingerprint density at radius 3 is 2.28 bits per heavy atom. The van der Waals surface area contributed by atoms with Crippen LogP contribution in [0.4, 0.5) is 0 Å². The quantitative estimate of drug-likeness (QED) is 0.871. The van der Waals surface area contributed by atoms with Crippen molar-refractivity contribution in [2.75, 3.05) is 26.2 Å². The van der Waals surface area contributed by atoms with Gasteiger partial charge in [-0.3, -0.25) is 19.6 Å². The lowest BCUT2D eigenvalue weighted by atomic mass is 10.1. The van der Waals surface area contributed by atoms with Crippen molar-refractivity contribution in [2.45, 2.75) is 32.2 Å². The van der Waals surface area contributed by atoms with Crippen LogP contribution in [0.25, 0.3) is 0 Å². The summed E-state index contributed by atoms with van der Waals surface area (Å²) < 4.78 is 0. The van der Waals surface area contributed by atoms with Crippen molar-refractivity contribution in [3.05, 3.63) is 57.0 Å². The Morgan fingerprint density at radius 1 is 1.08 bits per heavy atom. The fraction of sp³-hybridized carbons (Fsp3) is 0.474. The number of fused-ring (bicyclic) bond motifs is 1. The Morgan fingerprint density at radius 2 is 1.72 bits per heavy atom. The second-order valence-corrected chi connectivity index (χ2v) is 7.11. The smallest absolute Gasteiger partial charge is 0.267 e. The van der Waals surface area contributed by atoms with Crippen LogP contribution >= 0.6 is 0 Å². The van der Waals surface area contributed by atoms with Crippen molar-refractivity contribution in [1.82, 2.24) is 20.0 Å². The minimum atomic E-state index is -0.187. The number of aromatic amines is 2. The minimum Gasteiger partial charge on any atom is -0.340 e. The number of hydrogen-bond acceptors (Lipinski definition) is 3. The van der Waals surface area contributed by atoms with Crippen LogP contribution in [0.3, 0.4) is 0 Å². The molecule has 2 aromatic rings. The third-order valence-corrected chi connectivity index (χ3v) is 5.63. The van der Waals surface area contributed by atoms with Gasteiger partial charge in [0.05, 0.1) is 6.42 Å². The molecule has 2 N–H and O–H groups in total. The SMILES string of the molecule is Cc1[nH][nH]c(=O)c1CC(=O)N1CCN(C2Cc3ccccc3C2)CC1. The maximum absolute atomic E-state index is 12.5. The standard InChI is InChI=1S/C19H24N4O2/c1-13-17(19(25)21-20-13)12-18(24)23-8-6-22(7-9-23)16-10-14-4-2-3-5-15(14)11-16/h2-5,16H,6-12H2,1H3,(H2,20,21,25). The maximum atomic E-state index is 12.5. The molecule has 1 aromatic heterocycles. The summed E-state index contributed by atoms with van der Waals surface area (Å²) in [5.74, 6) is 0.0440. The van der Waals surface area contributed by atoms with Gasteiger partial charge in [0.25, 0.3) is 5.56 Å². The molecule has 6 nitrogen and oxygen atoms in total. The second kappa shape index (κ2) is 6.52. The van der Waals surface area contributed by atoms with E-state index in [1.165, 1.54) is 11.1 Å². The Bertz CT molecular complexity index is 805. The number of hydrogen-bond donors (Lipinski definition) is 2. The lowest BCUT2D eigenvalue weighted by Crippen LogP contribution is -2.52. The van der Waals surface area contributed by atoms with Gasteiger partial charge >= 0.3 is 0 Å². The molecule has 1 aliphatic carbocycles. The van der Waals surface area contributed by atoms with E-state index in [1.54, 1.807) is 0 Å². The number of rotatable bonds is 3. The first-order chi connectivity index (χ1) is 12.1. The molecular formula is C19H24N4O2. The zero-order chi connectivity index (χ0) is 17.4. The van der Waals surface area contributed by atoms with E-state index >= 15 is 0 Å². The molecule has 132 valence electrons. The summed E-state index contributed by atoms with van der Waals surface area (Å²) >= 11 is 0. The van der Waals surface area contributed by atoms with Crippen LogP contribution in [0.1, 0.15) is 22.4 Å². The van der Waals surface area contributed by atoms with Crippen LogP contribution in [0, 0.1) is 6.92 Å². The van der Waals surface area contributed by atoms with Gasteiger partial charge in [0.15, 0.2) is 0 Å². The Hall–Kier alpha value is -2.34. The van der Waals surface area contributed by atoms with Crippen molar-refractivity contribution < 1.29 is 4.79 Å². The van der Waals surface area contributed by atoms with Crippen molar-refractivity contribution in [3.8, 4) is 0 Å². The molecule has 2 heterocycles. The van der Waals surface area contributed by atoms with E-state index < -0.39 is 0 Å². The lowest BCUT2D eigenvalue weighted by molar-refractivity contribution is -0.132. The van der Waals surface area contributed by atoms with Gasteiger partial charge in [-0.05, 0) is 30.9 Å². The Labute approximate surface area is 146 Å². The van der Waals surface area contributed by atoms with Crippen LogP contribution in [0.2, 0.25) is 0 Å². The van der Waals surface area contributed by atoms with Gasteiger partial charge in [0, 0.05) is 43.5 Å². The molecule has 25 heavy (non-hydrogen) atoms. The maximum Gasteiger partial charge on any atom is 0.267 e. The lowest BCUT2D eigenvalue weighted by Gasteiger charge is -2.38. The molecule has 0 unspecified atom stereocenters. The Kier molecular flexibility index (Phi) is 4.21. The molecular weight excluding hydrogens is 316 g/mol. The number of piperazine rings is 1. The highest BCUT2D eigenvalue weighted by atomic mass is 16.2. The van der Waals surface area contributed by atoms with Crippen LogP contribution in [0.5, 0.6) is 0 Å². The summed E-state index contributed by atoms with van der Waals surface area (Å²) in [6.45, 7) is 5.12. The third-order valence-electron chi connectivity index (χ3n) is 5.63. The molecule has 2 aliphatic rings. The molecule has 0 bridgehead atoms. The fourth-order valence-corrected chi connectivity index (χ4v) is 4.08. The van der Waals surface area contributed by atoms with Gasteiger partial charge in [0.2, 0.25) is 5.91 Å². The molecule has 4 rings (SSSR count). The highest BCUT2D eigenvalue weighted by Crippen LogP contribution is 2.26. The van der Waals surface area contributed by atoms with Gasteiger partial charge in [-0.15, -0.1) is 0 Å². The number of nitrogens with zero attached hydrogens (tertiary/aromatic N) is 2. The molecule has 0 atom stereocenters. The second-order valence-electron chi connectivity index (χ2n) is 7.11. The van der Waals surface area contributed by atoms with E-state index in [1.807, 2.05) is 11.8 Å². The average Bonchev–Trinajstić information content (AvgIpc) is 3.20. The number of carbonyl (C=O) groups excluding carboxylic acids is 1. The summed E-state index contributed by atoms with van der Waals surface area (Å²) in [6.07, 6.45) is 2.41. The molecule has 1 saturated heterocycles. The van der Waals surface area contributed by atoms with Crippen molar-refractivity contribution >= 4 is 5.91 Å². The summed E-state index contributed by atoms with van der Waals surface area (Å²) in [5.41, 5.74) is 4.05. The summed E-state index contributed by atoms with van der Waals surface area (Å²) in [7, 11) is 0. The summed E-state index contributed by atoms with van der Waals surface area (Å²) in [5, 5.41) is 5.32. The van der Waals surface area contributed by atoms with Gasteiger partial charge in [-0.25, -0.2) is 0 Å². The number of amides is 1. The van der Waals surface area contributed by atoms with Crippen LogP contribution < -0.4 is 5.56 Å². The Balaban J connectivity index is 1.33. The van der Waals surface area contributed by atoms with Gasteiger partial charge < -0.3 is 10.00 Å².